The lowest BCUT2D eigenvalue weighted by Crippen LogP contribution is -2.44. The third kappa shape index (κ3) is 15.4. The van der Waals surface area contributed by atoms with Crippen molar-refractivity contribution >= 4 is 14.5 Å². The number of carbonyl (C=O) groups is 1. The summed E-state index contributed by atoms with van der Waals surface area (Å²) in [7, 11) is -1.90. The maximum atomic E-state index is 11.5. The summed E-state index contributed by atoms with van der Waals surface area (Å²) in [6, 6.07) is 0. The zero-order chi connectivity index (χ0) is 26.0. The third-order valence-corrected chi connectivity index (χ3v) is 12.3. The summed E-state index contributed by atoms with van der Waals surface area (Å²) in [4.78, 5) is 13.9. The van der Waals surface area contributed by atoms with Gasteiger partial charge in [-0.15, -0.1) is 0 Å². The van der Waals surface area contributed by atoms with Gasteiger partial charge >= 0.3 is 6.16 Å². The van der Waals surface area contributed by atoms with Crippen LogP contribution in [0.15, 0.2) is 0 Å². The van der Waals surface area contributed by atoms with Crippen molar-refractivity contribution in [2.45, 2.75) is 143 Å². The molecule has 2 atom stereocenters. The molecule has 0 saturated carbocycles. The van der Waals surface area contributed by atoms with Gasteiger partial charge in [0.25, 0.3) is 0 Å². The van der Waals surface area contributed by atoms with Gasteiger partial charge in [-0.2, -0.15) is 0 Å². The van der Waals surface area contributed by atoms with E-state index >= 15 is 0 Å². The van der Waals surface area contributed by atoms with E-state index < -0.39 is 14.5 Å². The molecule has 0 fully saturated rings. The van der Waals surface area contributed by atoms with Gasteiger partial charge in [0.2, 0.25) is 0 Å². The second kappa shape index (κ2) is 18.6. The number of ether oxygens (including phenoxy) is 1. The predicted octanol–water partition coefficient (Wildman–Crippen LogP) is 8.73. The lowest BCUT2D eigenvalue weighted by molar-refractivity contribution is -0.000131. The summed E-state index contributed by atoms with van der Waals surface area (Å²) in [5.41, 5.74) is 0. The number of hydrogen-bond donors (Lipinski definition) is 1. The maximum Gasteiger partial charge on any atom is 0.506 e. The van der Waals surface area contributed by atoms with Crippen LogP contribution in [0.4, 0.5) is 4.79 Å². The van der Waals surface area contributed by atoms with Crippen LogP contribution in [0.2, 0.25) is 18.1 Å². The Bertz CT molecular complexity index is 503. The highest BCUT2D eigenvalue weighted by Crippen LogP contribution is 2.37. The minimum absolute atomic E-state index is 0.120. The smallest absolute Gasteiger partial charge is 0.450 e. The van der Waals surface area contributed by atoms with Crippen LogP contribution in [0.25, 0.3) is 0 Å². The summed E-state index contributed by atoms with van der Waals surface area (Å²) in [6.45, 7) is 21.3. The molecule has 0 aliphatic carbocycles. The third-order valence-electron chi connectivity index (χ3n) is 7.80. The molecule has 1 N–H and O–H groups in total. The van der Waals surface area contributed by atoms with E-state index in [1.54, 1.807) is 0 Å². The number of carboxylic acid groups (broad SMARTS) is 1. The molecule has 0 saturated heterocycles. The average Bonchev–Trinajstić information content (AvgIpc) is 2.76. The fourth-order valence-electron chi connectivity index (χ4n) is 4.17. The van der Waals surface area contributed by atoms with Crippen LogP contribution in [-0.2, 0) is 9.16 Å². The highest BCUT2D eigenvalue weighted by atomic mass is 28.4. The second-order valence-corrected chi connectivity index (χ2v) is 16.3. The zero-order valence-electron chi connectivity index (χ0n) is 24.1. The van der Waals surface area contributed by atoms with E-state index in [2.05, 4.69) is 59.5 Å². The second-order valence-electron chi connectivity index (χ2n) is 11.5. The first kappa shape index (κ1) is 33.4. The molecule has 0 bridgehead atoms. The Morgan fingerprint density at radius 1 is 0.853 bits per heavy atom. The van der Waals surface area contributed by atoms with Gasteiger partial charge in [0.15, 0.2) is 8.32 Å². The number of unbranched alkanes of at least 4 members (excludes halogenated alkanes) is 9. The molecule has 2 unspecified atom stereocenters. The summed E-state index contributed by atoms with van der Waals surface area (Å²) in [5, 5.41) is 9.59. The highest BCUT2D eigenvalue weighted by molar-refractivity contribution is 6.74. The lowest BCUT2D eigenvalue weighted by Gasteiger charge is -2.38. The molecule has 204 valence electrons. The SMILES string of the molecule is CCCCCCCCCCCCC(CO[Si](C)(C)C(C)(C)C)C(CCN(CC)CC)OC(=O)O. The quantitative estimate of drug-likeness (QED) is 0.0967. The van der Waals surface area contributed by atoms with E-state index in [0.717, 1.165) is 38.9 Å². The molecule has 0 aliphatic rings. The monoisotopic (exact) mass is 501 g/mol. The average molecular weight is 502 g/mol. The lowest BCUT2D eigenvalue weighted by atomic mass is 9.93. The standard InChI is InChI=1S/C28H59NO4Si/c1-9-12-13-14-15-16-17-18-19-20-21-25(24-32-34(7,8)28(4,5)6)26(33-27(30)31)22-23-29(10-2)11-3/h25-26H,9-24H2,1-8H3,(H,30,31). The van der Waals surface area contributed by atoms with Gasteiger partial charge in [-0.3, -0.25) is 0 Å². The van der Waals surface area contributed by atoms with Gasteiger partial charge < -0.3 is 19.2 Å². The first-order chi connectivity index (χ1) is 16.0. The summed E-state index contributed by atoms with van der Waals surface area (Å²) < 4.78 is 12.0. The topological polar surface area (TPSA) is 59.0 Å². The van der Waals surface area contributed by atoms with Crippen LogP contribution in [0, 0.1) is 5.92 Å². The van der Waals surface area contributed by atoms with Crippen LogP contribution in [-0.4, -0.2) is 56.8 Å². The Morgan fingerprint density at radius 3 is 1.79 bits per heavy atom. The molecule has 0 rings (SSSR count). The molecule has 0 aromatic carbocycles. The predicted molar refractivity (Wildman–Crippen MR) is 148 cm³/mol. The van der Waals surface area contributed by atoms with Crippen LogP contribution in [0.3, 0.4) is 0 Å². The normalized spacial score (nSPS) is 14.4. The van der Waals surface area contributed by atoms with Crippen molar-refractivity contribution in [2.75, 3.05) is 26.2 Å². The largest absolute Gasteiger partial charge is 0.506 e. The van der Waals surface area contributed by atoms with Crippen molar-refractivity contribution in [3.05, 3.63) is 0 Å². The molecule has 34 heavy (non-hydrogen) atoms. The maximum absolute atomic E-state index is 11.5. The van der Waals surface area contributed by atoms with E-state index in [1.165, 1.54) is 57.8 Å². The molecule has 0 aromatic heterocycles. The molecule has 6 heteroatoms. The first-order valence-corrected chi connectivity index (χ1v) is 17.1. The van der Waals surface area contributed by atoms with Crippen molar-refractivity contribution in [2.24, 2.45) is 5.92 Å². The van der Waals surface area contributed by atoms with E-state index in [4.69, 9.17) is 9.16 Å². The fourth-order valence-corrected chi connectivity index (χ4v) is 5.24. The Labute approximate surface area is 213 Å². The van der Waals surface area contributed by atoms with Crippen LogP contribution in [0.5, 0.6) is 0 Å². The van der Waals surface area contributed by atoms with Crippen molar-refractivity contribution in [1.82, 2.24) is 4.90 Å². The van der Waals surface area contributed by atoms with Gasteiger partial charge in [0.05, 0.1) is 0 Å². The Hall–Kier alpha value is -0.593. The minimum atomic E-state index is -1.90. The summed E-state index contributed by atoms with van der Waals surface area (Å²) in [5.74, 6) is 0.120. The first-order valence-electron chi connectivity index (χ1n) is 14.2. The van der Waals surface area contributed by atoms with Crippen molar-refractivity contribution in [3.63, 3.8) is 0 Å². The molecule has 0 spiro atoms. The van der Waals surface area contributed by atoms with Gasteiger partial charge in [-0.1, -0.05) is 106 Å². The number of nitrogens with zero attached hydrogens (tertiary/aromatic N) is 1. The number of rotatable bonds is 21. The Morgan fingerprint density at radius 2 is 1.35 bits per heavy atom. The van der Waals surface area contributed by atoms with Gasteiger partial charge in [-0.05, 0) is 44.1 Å². The van der Waals surface area contributed by atoms with Crippen molar-refractivity contribution in [1.29, 1.82) is 0 Å². The summed E-state index contributed by atoms with van der Waals surface area (Å²) in [6.07, 6.45) is 13.3. The molecule has 5 nitrogen and oxygen atoms in total. The molecule has 0 aliphatic heterocycles. The fraction of sp³-hybridized carbons (Fsp3) is 0.964. The molecular weight excluding hydrogens is 442 g/mol. The Kier molecular flexibility index (Phi) is 18.3. The zero-order valence-corrected chi connectivity index (χ0v) is 25.1. The highest BCUT2D eigenvalue weighted by Gasteiger charge is 2.38. The Balaban J connectivity index is 4.91. The van der Waals surface area contributed by atoms with E-state index in [1.807, 2.05) is 0 Å². The van der Waals surface area contributed by atoms with Gasteiger partial charge in [-0.25, -0.2) is 4.79 Å². The molecule has 0 amide bonds. The summed E-state index contributed by atoms with van der Waals surface area (Å²) >= 11 is 0. The van der Waals surface area contributed by atoms with E-state index in [9.17, 15) is 9.90 Å². The molecule has 0 radical (unpaired) electrons. The van der Waals surface area contributed by atoms with E-state index in [-0.39, 0.29) is 17.1 Å². The van der Waals surface area contributed by atoms with Crippen LogP contribution < -0.4 is 0 Å². The van der Waals surface area contributed by atoms with Crippen LogP contribution >= 0.6 is 0 Å². The molecule has 0 heterocycles. The molecular formula is C28H59NO4Si. The van der Waals surface area contributed by atoms with Crippen molar-refractivity contribution < 1.29 is 19.1 Å². The van der Waals surface area contributed by atoms with Crippen LogP contribution in [0.1, 0.15) is 119 Å². The molecule has 0 aromatic rings. The van der Waals surface area contributed by atoms with Gasteiger partial charge in [0, 0.05) is 19.1 Å². The van der Waals surface area contributed by atoms with Gasteiger partial charge in [0.1, 0.15) is 6.10 Å². The van der Waals surface area contributed by atoms with Crippen molar-refractivity contribution in [3.8, 4) is 0 Å². The number of hydrogen-bond acceptors (Lipinski definition) is 4. The minimum Gasteiger partial charge on any atom is -0.450 e. The van der Waals surface area contributed by atoms with E-state index in [0.29, 0.717) is 6.61 Å².